The van der Waals surface area contributed by atoms with Crippen molar-refractivity contribution in [2.24, 2.45) is 0 Å². The Morgan fingerprint density at radius 1 is 1.05 bits per heavy atom. The third-order valence-corrected chi connectivity index (χ3v) is 3.43. The number of nitrogens with zero attached hydrogens (tertiary/aromatic N) is 3. The van der Waals surface area contributed by atoms with E-state index in [9.17, 15) is 4.79 Å². The zero-order valence-corrected chi connectivity index (χ0v) is 12.5. The Labute approximate surface area is 129 Å². The van der Waals surface area contributed by atoms with Crippen molar-refractivity contribution in [1.29, 1.82) is 0 Å². The van der Waals surface area contributed by atoms with Crippen LogP contribution in [0, 0.1) is 6.92 Å². The number of aryl methyl sites for hydroxylation is 2. The molecule has 22 heavy (non-hydrogen) atoms. The summed E-state index contributed by atoms with van der Waals surface area (Å²) in [5.41, 5.74) is 3.77. The number of carbonyl (C=O) groups is 1. The van der Waals surface area contributed by atoms with Crippen molar-refractivity contribution in [1.82, 2.24) is 15.0 Å². The van der Waals surface area contributed by atoms with E-state index in [1.165, 1.54) is 5.56 Å². The van der Waals surface area contributed by atoms with Gasteiger partial charge in [0.1, 0.15) is 11.0 Å². The molecular weight excluding hydrogens is 276 g/mol. The molecule has 0 saturated heterocycles. The van der Waals surface area contributed by atoms with Crippen LogP contribution in [0.1, 0.15) is 18.4 Å². The number of benzene rings is 2. The molecule has 0 saturated carbocycles. The van der Waals surface area contributed by atoms with Gasteiger partial charge in [-0.25, -0.2) is 0 Å². The van der Waals surface area contributed by atoms with Gasteiger partial charge in [-0.05, 0) is 37.6 Å². The Balaban J connectivity index is 1.49. The summed E-state index contributed by atoms with van der Waals surface area (Å²) in [5, 5.41) is 11.6. The smallest absolute Gasteiger partial charge is 0.224 e. The second-order valence-corrected chi connectivity index (χ2v) is 5.30. The molecule has 1 heterocycles. The first-order chi connectivity index (χ1) is 10.7. The van der Waals surface area contributed by atoms with Crippen molar-refractivity contribution in [3.63, 3.8) is 0 Å². The van der Waals surface area contributed by atoms with E-state index in [1.807, 2.05) is 55.5 Å². The highest BCUT2D eigenvalue weighted by molar-refractivity contribution is 5.90. The van der Waals surface area contributed by atoms with Gasteiger partial charge in [0.05, 0.1) is 6.54 Å². The lowest BCUT2D eigenvalue weighted by Crippen LogP contribution is -2.13. The van der Waals surface area contributed by atoms with Crippen LogP contribution in [0.15, 0.2) is 48.5 Å². The number of aromatic nitrogens is 3. The highest BCUT2D eigenvalue weighted by Crippen LogP contribution is 2.10. The molecule has 0 atom stereocenters. The van der Waals surface area contributed by atoms with E-state index in [-0.39, 0.29) is 5.91 Å². The molecule has 0 radical (unpaired) electrons. The van der Waals surface area contributed by atoms with Crippen LogP contribution in [0.3, 0.4) is 0 Å². The van der Waals surface area contributed by atoms with Crippen LogP contribution < -0.4 is 5.32 Å². The Morgan fingerprint density at radius 3 is 2.32 bits per heavy atom. The highest BCUT2D eigenvalue weighted by atomic mass is 16.1. The minimum absolute atomic E-state index is 0.0144. The van der Waals surface area contributed by atoms with E-state index in [4.69, 9.17) is 0 Å². The standard InChI is InChI=1S/C17H18N4O/c1-13-8-10-14(11-9-13)18-17(22)7-4-12-21-19-15-5-2-3-6-16(15)20-21/h2-3,5-6,8-11H,4,7,12H2,1H3,(H,18,22). The molecule has 0 aliphatic rings. The van der Waals surface area contributed by atoms with Gasteiger partial charge in [-0.15, -0.1) is 0 Å². The number of nitrogens with one attached hydrogen (secondary N) is 1. The predicted octanol–water partition coefficient (Wildman–Crippen LogP) is 3.16. The number of amides is 1. The third kappa shape index (κ3) is 3.49. The predicted molar refractivity (Wildman–Crippen MR) is 86.6 cm³/mol. The number of carbonyl (C=O) groups excluding carboxylic acids is 1. The summed E-state index contributed by atoms with van der Waals surface area (Å²) in [6, 6.07) is 15.5. The van der Waals surface area contributed by atoms with Crippen LogP contribution in [0.4, 0.5) is 5.69 Å². The number of rotatable bonds is 5. The van der Waals surface area contributed by atoms with Crippen molar-refractivity contribution in [2.75, 3.05) is 5.32 Å². The molecule has 1 amide bonds. The molecule has 0 bridgehead atoms. The van der Waals surface area contributed by atoms with Crippen LogP contribution in [-0.2, 0) is 11.3 Å². The average molecular weight is 294 g/mol. The Hall–Kier alpha value is -2.69. The van der Waals surface area contributed by atoms with Crippen LogP contribution in [-0.4, -0.2) is 20.9 Å². The summed E-state index contributed by atoms with van der Waals surface area (Å²) in [6.07, 6.45) is 1.16. The lowest BCUT2D eigenvalue weighted by Gasteiger charge is -2.05. The molecule has 3 rings (SSSR count). The molecule has 0 aliphatic carbocycles. The molecule has 5 heteroatoms. The quantitative estimate of drug-likeness (QED) is 0.786. The fraction of sp³-hybridized carbons (Fsp3) is 0.235. The van der Waals surface area contributed by atoms with Gasteiger partial charge in [-0.1, -0.05) is 29.8 Å². The topological polar surface area (TPSA) is 59.8 Å². The van der Waals surface area contributed by atoms with Crippen molar-refractivity contribution in [3.05, 3.63) is 54.1 Å². The first kappa shape index (κ1) is 14.3. The molecule has 5 nitrogen and oxygen atoms in total. The van der Waals surface area contributed by atoms with E-state index >= 15 is 0 Å². The van der Waals surface area contributed by atoms with Gasteiger partial charge in [0.2, 0.25) is 5.91 Å². The number of hydrogen-bond donors (Lipinski definition) is 1. The van der Waals surface area contributed by atoms with E-state index in [0.717, 1.165) is 16.7 Å². The van der Waals surface area contributed by atoms with E-state index < -0.39 is 0 Å². The van der Waals surface area contributed by atoms with E-state index in [2.05, 4.69) is 15.5 Å². The molecule has 0 aliphatic heterocycles. The normalized spacial score (nSPS) is 10.8. The maximum atomic E-state index is 11.9. The third-order valence-electron chi connectivity index (χ3n) is 3.43. The summed E-state index contributed by atoms with van der Waals surface area (Å²) < 4.78 is 0. The maximum Gasteiger partial charge on any atom is 0.224 e. The van der Waals surface area contributed by atoms with Crippen molar-refractivity contribution in [3.8, 4) is 0 Å². The first-order valence-electron chi connectivity index (χ1n) is 7.37. The lowest BCUT2D eigenvalue weighted by molar-refractivity contribution is -0.116. The van der Waals surface area contributed by atoms with Gasteiger partial charge >= 0.3 is 0 Å². The summed E-state index contributed by atoms with van der Waals surface area (Å²) in [6.45, 7) is 2.66. The number of hydrogen-bond acceptors (Lipinski definition) is 3. The average Bonchev–Trinajstić information content (AvgIpc) is 2.92. The van der Waals surface area contributed by atoms with Crippen molar-refractivity contribution in [2.45, 2.75) is 26.3 Å². The van der Waals surface area contributed by atoms with Gasteiger partial charge in [-0.2, -0.15) is 15.0 Å². The second kappa shape index (κ2) is 6.39. The van der Waals surface area contributed by atoms with Crippen LogP contribution in [0.25, 0.3) is 11.0 Å². The largest absolute Gasteiger partial charge is 0.326 e. The fourth-order valence-electron chi connectivity index (χ4n) is 2.25. The minimum atomic E-state index is 0.0144. The molecule has 0 unspecified atom stereocenters. The molecule has 2 aromatic carbocycles. The molecule has 0 spiro atoms. The summed E-state index contributed by atoms with van der Waals surface area (Å²) in [4.78, 5) is 13.6. The summed E-state index contributed by atoms with van der Waals surface area (Å²) in [7, 11) is 0. The zero-order chi connectivity index (χ0) is 15.4. The SMILES string of the molecule is Cc1ccc(NC(=O)CCCn2nc3ccccc3n2)cc1. The van der Waals surface area contributed by atoms with Gasteiger partial charge in [-0.3, -0.25) is 4.79 Å². The first-order valence-corrected chi connectivity index (χ1v) is 7.37. The Morgan fingerprint density at radius 2 is 1.68 bits per heavy atom. The fourth-order valence-corrected chi connectivity index (χ4v) is 2.25. The Bertz CT molecular complexity index is 744. The Kier molecular flexibility index (Phi) is 4.14. The van der Waals surface area contributed by atoms with Gasteiger partial charge in [0.25, 0.3) is 0 Å². The van der Waals surface area contributed by atoms with Gasteiger partial charge < -0.3 is 5.32 Å². The summed E-state index contributed by atoms with van der Waals surface area (Å²) >= 11 is 0. The molecular formula is C17H18N4O. The van der Waals surface area contributed by atoms with E-state index in [0.29, 0.717) is 19.4 Å². The van der Waals surface area contributed by atoms with Crippen molar-refractivity contribution >= 4 is 22.6 Å². The number of fused-ring (bicyclic) bond motifs is 1. The molecule has 112 valence electrons. The molecule has 1 N–H and O–H groups in total. The monoisotopic (exact) mass is 294 g/mol. The highest BCUT2D eigenvalue weighted by Gasteiger charge is 2.05. The second-order valence-electron chi connectivity index (χ2n) is 5.30. The minimum Gasteiger partial charge on any atom is -0.326 e. The van der Waals surface area contributed by atoms with Crippen LogP contribution in [0.5, 0.6) is 0 Å². The van der Waals surface area contributed by atoms with E-state index in [1.54, 1.807) is 4.80 Å². The maximum absolute atomic E-state index is 11.9. The van der Waals surface area contributed by atoms with Gasteiger partial charge in [0.15, 0.2) is 0 Å². The molecule has 0 fully saturated rings. The van der Waals surface area contributed by atoms with Gasteiger partial charge in [0, 0.05) is 12.1 Å². The molecule has 1 aromatic heterocycles. The van der Waals surface area contributed by atoms with Crippen molar-refractivity contribution < 1.29 is 4.79 Å². The number of anilines is 1. The zero-order valence-electron chi connectivity index (χ0n) is 12.5. The lowest BCUT2D eigenvalue weighted by atomic mass is 10.2. The van der Waals surface area contributed by atoms with Crippen LogP contribution in [0.2, 0.25) is 0 Å². The summed E-state index contributed by atoms with van der Waals surface area (Å²) in [5.74, 6) is 0.0144. The molecule has 3 aromatic rings. The van der Waals surface area contributed by atoms with Crippen LogP contribution >= 0.6 is 0 Å².